The smallest absolute Gasteiger partial charge is 0.391 e. The van der Waals surface area contributed by atoms with Gasteiger partial charge in [-0.3, -0.25) is 4.79 Å². The van der Waals surface area contributed by atoms with Crippen LogP contribution in [0.4, 0.5) is 13.2 Å². The number of rotatable bonds is 7. The van der Waals surface area contributed by atoms with Gasteiger partial charge in [-0.1, -0.05) is 18.9 Å². The van der Waals surface area contributed by atoms with Gasteiger partial charge in [-0.05, 0) is 30.5 Å². The number of carboxylic acids is 1. The third kappa shape index (κ3) is 4.64. The minimum absolute atomic E-state index is 0.388. The summed E-state index contributed by atoms with van der Waals surface area (Å²) in [5.74, 6) is -1.60. The average Bonchev–Trinajstić information content (AvgIpc) is 3.10. The number of alkyl halides is 3. The van der Waals surface area contributed by atoms with Crippen LogP contribution >= 0.6 is 0 Å². The second-order valence-electron chi connectivity index (χ2n) is 6.54. The first kappa shape index (κ1) is 20.9. The molecule has 1 aromatic carbocycles. The number of nitrogens with one attached hydrogen (secondary N) is 1. The molecule has 0 bridgehead atoms. The lowest BCUT2D eigenvalue weighted by Gasteiger charge is -2.30. The van der Waals surface area contributed by atoms with Gasteiger partial charge in [-0.2, -0.15) is 13.2 Å². The molecule has 9 heteroatoms. The maximum absolute atomic E-state index is 12.9. The summed E-state index contributed by atoms with van der Waals surface area (Å²) in [4.78, 5) is 24.1. The van der Waals surface area contributed by atoms with Gasteiger partial charge in [0.15, 0.2) is 11.5 Å². The van der Waals surface area contributed by atoms with Gasteiger partial charge in [0.2, 0.25) is 5.91 Å². The predicted molar refractivity (Wildman–Crippen MR) is 89.9 cm³/mol. The van der Waals surface area contributed by atoms with Crippen LogP contribution in [-0.4, -0.2) is 43.4 Å². The van der Waals surface area contributed by atoms with Crippen molar-refractivity contribution in [3.8, 4) is 11.5 Å². The van der Waals surface area contributed by atoms with Gasteiger partial charge < -0.3 is 19.9 Å². The molecular weight excluding hydrogens is 367 g/mol. The molecule has 2 rings (SSSR count). The Hall–Kier alpha value is -2.45. The van der Waals surface area contributed by atoms with E-state index in [0.717, 1.165) is 0 Å². The molecule has 1 amide bonds. The number of ether oxygens (including phenoxy) is 2. The Balaban J connectivity index is 2.35. The molecule has 1 aliphatic rings. The molecule has 0 aliphatic heterocycles. The molecular formula is C18H22F3NO5. The molecule has 27 heavy (non-hydrogen) atoms. The third-order valence-corrected chi connectivity index (χ3v) is 4.87. The molecule has 1 aromatic rings. The van der Waals surface area contributed by atoms with E-state index in [1.807, 2.05) is 0 Å². The molecule has 2 N–H and O–H groups in total. The zero-order chi connectivity index (χ0) is 20.2. The second-order valence-corrected chi connectivity index (χ2v) is 6.54. The first-order valence-electron chi connectivity index (χ1n) is 8.46. The van der Waals surface area contributed by atoms with Crippen LogP contribution in [0, 0.1) is 0 Å². The maximum atomic E-state index is 12.9. The zero-order valence-corrected chi connectivity index (χ0v) is 15.1. The summed E-state index contributed by atoms with van der Waals surface area (Å²) < 4.78 is 48.4. The van der Waals surface area contributed by atoms with E-state index in [0.29, 0.717) is 42.7 Å². The van der Waals surface area contributed by atoms with Crippen LogP contribution in [0.5, 0.6) is 11.5 Å². The van der Waals surface area contributed by atoms with E-state index in [4.69, 9.17) is 14.6 Å². The van der Waals surface area contributed by atoms with Crippen molar-refractivity contribution in [2.45, 2.75) is 49.7 Å². The van der Waals surface area contributed by atoms with E-state index >= 15 is 0 Å². The van der Waals surface area contributed by atoms with Crippen LogP contribution in [0.3, 0.4) is 0 Å². The van der Waals surface area contributed by atoms with Gasteiger partial charge in [-0.15, -0.1) is 0 Å². The molecule has 1 atom stereocenters. The van der Waals surface area contributed by atoms with Crippen molar-refractivity contribution in [1.29, 1.82) is 0 Å². The Kier molecular flexibility index (Phi) is 6.22. The Morgan fingerprint density at radius 2 is 1.78 bits per heavy atom. The highest BCUT2D eigenvalue weighted by Gasteiger charge is 2.45. The Morgan fingerprint density at radius 3 is 2.26 bits per heavy atom. The van der Waals surface area contributed by atoms with Crippen LogP contribution in [0.1, 0.15) is 37.7 Å². The molecule has 0 aromatic heterocycles. The number of carboxylic acid groups (broad SMARTS) is 1. The minimum atomic E-state index is -4.71. The van der Waals surface area contributed by atoms with Gasteiger partial charge in [0.05, 0.1) is 26.1 Å². The van der Waals surface area contributed by atoms with Gasteiger partial charge in [0.1, 0.15) is 6.04 Å². The lowest BCUT2D eigenvalue weighted by atomic mass is 9.77. The van der Waals surface area contributed by atoms with Crippen molar-refractivity contribution in [1.82, 2.24) is 5.32 Å². The summed E-state index contributed by atoms with van der Waals surface area (Å²) in [6, 6.07) is 2.86. The largest absolute Gasteiger partial charge is 0.493 e. The fraction of sp³-hybridized carbons (Fsp3) is 0.556. The van der Waals surface area contributed by atoms with E-state index < -0.39 is 35.9 Å². The summed E-state index contributed by atoms with van der Waals surface area (Å²) in [5, 5.41) is 11.2. The first-order valence-corrected chi connectivity index (χ1v) is 8.46. The summed E-state index contributed by atoms with van der Waals surface area (Å²) >= 11 is 0. The molecule has 1 aliphatic carbocycles. The Bertz CT molecular complexity index is 699. The van der Waals surface area contributed by atoms with Crippen molar-refractivity contribution >= 4 is 11.9 Å². The van der Waals surface area contributed by atoms with Gasteiger partial charge in [-0.25, -0.2) is 4.79 Å². The number of benzene rings is 1. The quantitative estimate of drug-likeness (QED) is 0.749. The van der Waals surface area contributed by atoms with Crippen LogP contribution in [0.15, 0.2) is 18.2 Å². The minimum Gasteiger partial charge on any atom is -0.493 e. The lowest BCUT2D eigenvalue weighted by Crippen LogP contribution is -2.51. The Labute approximate surface area is 154 Å². The second kappa shape index (κ2) is 8.06. The number of hydrogen-bond acceptors (Lipinski definition) is 4. The first-order chi connectivity index (χ1) is 12.6. The van der Waals surface area contributed by atoms with Crippen molar-refractivity contribution < 1.29 is 37.3 Å². The number of aliphatic carboxylic acids is 1. The number of carbonyl (C=O) groups excluding carboxylic acids is 1. The van der Waals surface area contributed by atoms with Crippen LogP contribution < -0.4 is 14.8 Å². The Morgan fingerprint density at radius 1 is 1.19 bits per heavy atom. The predicted octanol–water partition coefficient (Wildman–Crippen LogP) is 3.04. The number of methoxy groups -OCH3 is 2. The highest BCUT2D eigenvalue weighted by Crippen LogP contribution is 2.44. The molecule has 0 saturated heterocycles. The van der Waals surface area contributed by atoms with E-state index in [2.05, 4.69) is 5.32 Å². The highest BCUT2D eigenvalue weighted by molar-refractivity contribution is 5.92. The topological polar surface area (TPSA) is 84.9 Å². The summed E-state index contributed by atoms with van der Waals surface area (Å²) in [6.07, 6.45) is -4.10. The van der Waals surface area contributed by atoms with Crippen LogP contribution in [0.25, 0.3) is 0 Å². The number of carbonyl (C=O) groups is 2. The van der Waals surface area contributed by atoms with E-state index in [-0.39, 0.29) is 0 Å². The van der Waals surface area contributed by atoms with Gasteiger partial charge >= 0.3 is 12.1 Å². The number of halogens is 3. The molecule has 1 fully saturated rings. The zero-order valence-electron chi connectivity index (χ0n) is 15.1. The highest BCUT2D eigenvalue weighted by atomic mass is 19.4. The normalized spacial score (nSPS) is 17.2. The molecule has 0 radical (unpaired) electrons. The van der Waals surface area contributed by atoms with Gasteiger partial charge in [0, 0.05) is 0 Å². The van der Waals surface area contributed by atoms with Crippen molar-refractivity contribution in [2.24, 2.45) is 0 Å². The monoisotopic (exact) mass is 389 g/mol. The van der Waals surface area contributed by atoms with E-state index in [9.17, 15) is 22.8 Å². The SMILES string of the molecule is COc1ccc(C2(C(=O)NC(CC(F)(F)F)C(=O)O)CCCC2)cc1OC. The van der Waals surface area contributed by atoms with E-state index in [1.54, 1.807) is 18.2 Å². The van der Waals surface area contributed by atoms with Crippen LogP contribution in [0.2, 0.25) is 0 Å². The fourth-order valence-electron chi connectivity index (χ4n) is 3.49. The fourth-order valence-corrected chi connectivity index (χ4v) is 3.49. The molecule has 150 valence electrons. The van der Waals surface area contributed by atoms with Crippen molar-refractivity contribution in [3.63, 3.8) is 0 Å². The summed E-state index contributed by atoms with van der Waals surface area (Å²) in [6.45, 7) is 0. The summed E-state index contributed by atoms with van der Waals surface area (Å²) in [5.41, 5.74) is -0.537. The molecule has 0 heterocycles. The van der Waals surface area contributed by atoms with Crippen molar-refractivity contribution in [3.05, 3.63) is 23.8 Å². The molecule has 1 saturated carbocycles. The van der Waals surface area contributed by atoms with Crippen LogP contribution in [-0.2, 0) is 15.0 Å². The van der Waals surface area contributed by atoms with E-state index in [1.165, 1.54) is 14.2 Å². The maximum Gasteiger partial charge on any atom is 0.391 e. The van der Waals surface area contributed by atoms with Crippen molar-refractivity contribution in [2.75, 3.05) is 14.2 Å². The summed E-state index contributed by atoms with van der Waals surface area (Å²) in [7, 11) is 2.90. The molecule has 1 unspecified atom stereocenters. The average molecular weight is 389 g/mol. The van der Waals surface area contributed by atoms with Gasteiger partial charge in [0.25, 0.3) is 0 Å². The molecule has 0 spiro atoms. The molecule has 6 nitrogen and oxygen atoms in total. The number of amides is 1. The number of hydrogen-bond donors (Lipinski definition) is 2. The standard InChI is InChI=1S/C18H22F3NO5/c1-26-13-6-5-11(9-14(13)27-2)17(7-3-4-8-17)16(25)22-12(15(23)24)10-18(19,20)21/h5-6,9,12H,3-4,7-8,10H2,1-2H3,(H,22,25)(H,23,24). The third-order valence-electron chi connectivity index (χ3n) is 4.87. The lowest BCUT2D eigenvalue weighted by molar-refractivity contribution is -0.160.